The molecule has 0 aromatic rings. The Labute approximate surface area is 90.6 Å². The van der Waals surface area contributed by atoms with Crippen LogP contribution in [0.1, 0.15) is 33.1 Å². The number of piperidine rings is 1. The maximum atomic E-state index is 12.0. The molecule has 1 aliphatic heterocycles. The second kappa shape index (κ2) is 3.41. The van der Waals surface area contributed by atoms with Gasteiger partial charge in [0.25, 0.3) is 0 Å². The van der Waals surface area contributed by atoms with Gasteiger partial charge in [-0.2, -0.15) is 0 Å². The summed E-state index contributed by atoms with van der Waals surface area (Å²) >= 11 is 6.06. The van der Waals surface area contributed by atoms with Crippen molar-refractivity contribution in [3.05, 3.63) is 0 Å². The Morgan fingerprint density at radius 2 is 2.14 bits per heavy atom. The Morgan fingerprint density at radius 3 is 2.64 bits per heavy atom. The van der Waals surface area contributed by atoms with Gasteiger partial charge in [0, 0.05) is 19.0 Å². The summed E-state index contributed by atoms with van der Waals surface area (Å²) in [5, 5.41) is 0.176. The van der Waals surface area contributed by atoms with Crippen LogP contribution >= 0.6 is 11.6 Å². The van der Waals surface area contributed by atoms with Crippen molar-refractivity contribution in [1.29, 1.82) is 0 Å². The Kier molecular flexibility index (Phi) is 2.50. The highest BCUT2D eigenvalue weighted by atomic mass is 35.5. The predicted octanol–water partition coefficient (Wildman–Crippen LogP) is 2.26. The summed E-state index contributed by atoms with van der Waals surface area (Å²) < 4.78 is 0. The summed E-state index contributed by atoms with van der Waals surface area (Å²) in [6.45, 7) is 6.00. The maximum absolute atomic E-state index is 12.0. The van der Waals surface area contributed by atoms with E-state index in [4.69, 9.17) is 11.6 Å². The van der Waals surface area contributed by atoms with Gasteiger partial charge in [0.2, 0.25) is 5.91 Å². The van der Waals surface area contributed by atoms with Crippen LogP contribution in [0.15, 0.2) is 0 Å². The number of likely N-dealkylation sites (tertiary alicyclic amines) is 1. The average molecular weight is 216 g/mol. The van der Waals surface area contributed by atoms with Gasteiger partial charge in [-0.1, -0.05) is 13.8 Å². The molecule has 0 aromatic carbocycles. The minimum absolute atomic E-state index is 0.176. The van der Waals surface area contributed by atoms with Crippen LogP contribution < -0.4 is 0 Å². The molecule has 0 N–H and O–H groups in total. The standard InChI is InChI=1S/C11H18ClNO/c1-11(2)6-9(11)10(14)13-5-3-4-8(12)7-13/h8-9H,3-7H2,1-2H3. The molecule has 1 amide bonds. The van der Waals surface area contributed by atoms with Crippen LogP contribution in [-0.4, -0.2) is 29.3 Å². The van der Waals surface area contributed by atoms with Crippen LogP contribution in [0.5, 0.6) is 0 Å². The zero-order chi connectivity index (χ0) is 10.3. The molecule has 2 rings (SSSR count). The largest absolute Gasteiger partial charge is 0.341 e. The lowest BCUT2D eigenvalue weighted by Crippen LogP contribution is -2.41. The van der Waals surface area contributed by atoms with Gasteiger partial charge in [0.05, 0.1) is 5.38 Å². The van der Waals surface area contributed by atoms with Crippen LogP contribution in [0.3, 0.4) is 0 Å². The molecule has 1 saturated heterocycles. The van der Waals surface area contributed by atoms with E-state index in [-0.39, 0.29) is 16.7 Å². The second-order valence-electron chi connectivity index (χ2n) is 5.27. The molecule has 2 atom stereocenters. The highest BCUT2D eigenvalue weighted by Crippen LogP contribution is 2.52. The molecule has 2 aliphatic rings. The van der Waals surface area contributed by atoms with Crippen LogP contribution in [-0.2, 0) is 4.79 Å². The first-order valence-corrected chi connectivity index (χ1v) is 5.87. The molecule has 0 bridgehead atoms. The van der Waals surface area contributed by atoms with E-state index in [1.54, 1.807) is 0 Å². The number of carbonyl (C=O) groups excluding carboxylic acids is 1. The highest BCUT2D eigenvalue weighted by molar-refractivity contribution is 6.20. The SMILES string of the molecule is CC1(C)CC1C(=O)N1CCCC(Cl)C1. The van der Waals surface area contributed by atoms with Crippen molar-refractivity contribution in [1.82, 2.24) is 4.90 Å². The van der Waals surface area contributed by atoms with Gasteiger partial charge in [0.1, 0.15) is 0 Å². The molecule has 14 heavy (non-hydrogen) atoms. The minimum Gasteiger partial charge on any atom is -0.341 e. The molecule has 1 saturated carbocycles. The topological polar surface area (TPSA) is 20.3 Å². The third-order valence-corrected chi connectivity index (χ3v) is 3.84. The first-order valence-electron chi connectivity index (χ1n) is 5.43. The van der Waals surface area contributed by atoms with Gasteiger partial charge in [0.15, 0.2) is 0 Å². The van der Waals surface area contributed by atoms with Crippen molar-refractivity contribution < 1.29 is 4.79 Å². The van der Waals surface area contributed by atoms with Crippen molar-refractivity contribution >= 4 is 17.5 Å². The zero-order valence-electron chi connectivity index (χ0n) is 8.92. The lowest BCUT2D eigenvalue weighted by molar-refractivity contribution is -0.134. The molecule has 80 valence electrons. The van der Waals surface area contributed by atoms with Crippen molar-refractivity contribution in [2.75, 3.05) is 13.1 Å². The first kappa shape index (κ1) is 10.3. The number of amides is 1. The second-order valence-corrected chi connectivity index (χ2v) is 5.89. The fourth-order valence-corrected chi connectivity index (χ4v) is 2.56. The van der Waals surface area contributed by atoms with E-state index < -0.39 is 0 Å². The summed E-state index contributed by atoms with van der Waals surface area (Å²) in [6.07, 6.45) is 3.17. The summed E-state index contributed by atoms with van der Waals surface area (Å²) in [5.41, 5.74) is 0.246. The number of hydrogen-bond acceptors (Lipinski definition) is 1. The number of hydrogen-bond donors (Lipinski definition) is 0. The van der Waals surface area contributed by atoms with Crippen LogP contribution in [0.4, 0.5) is 0 Å². The van der Waals surface area contributed by atoms with E-state index in [0.29, 0.717) is 5.91 Å². The molecule has 2 nitrogen and oxygen atoms in total. The number of nitrogens with zero attached hydrogens (tertiary/aromatic N) is 1. The van der Waals surface area contributed by atoms with E-state index >= 15 is 0 Å². The number of alkyl halides is 1. The molecule has 0 spiro atoms. The Balaban J connectivity index is 1.92. The molecular formula is C11H18ClNO. The molecule has 0 radical (unpaired) electrons. The van der Waals surface area contributed by atoms with Crippen LogP contribution in [0, 0.1) is 11.3 Å². The lowest BCUT2D eigenvalue weighted by Gasteiger charge is -2.30. The Hall–Kier alpha value is -0.240. The molecular weight excluding hydrogens is 198 g/mol. The van der Waals surface area contributed by atoms with Crippen molar-refractivity contribution in [3.63, 3.8) is 0 Å². The minimum atomic E-state index is 0.176. The monoisotopic (exact) mass is 215 g/mol. The third kappa shape index (κ3) is 1.90. The van der Waals surface area contributed by atoms with Gasteiger partial charge in [-0.05, 0) is 24.7 Å². The van der Waals surface area contributed by atoms with Gasteiger partial charge in [-0.3, -0.25) is 4.79 Å². The van der Waals surface area contributed by atoms with Gasteiger partial charge < -0.3 is 4.90 Å². The van der Waals surface area contributed by atoms with E-state index in [9.17, 15) is 4.79 Å². The normalized spacial score (nSPS) is 35.5. The fraction of sp³-hybridized carbons (Fsp3) is 0.909. The molecule has 1 heterocycles. The number of rotatable bonds is 1. The van der Waals surface area contributed by atoms with Crippen LogP contribution in [0.25, 0.3) is 0 Å². The smallest absolute Gasteiger partial charge is 0.226 e. The van der Waals surface area contributed by atoms with Crippen molar-refractivity contribution in [2.45, 2.75) is 38.5 Å². The van der Waals surface area contributed by atoms with E-state index in [1.165, 1.54) is 0 Å². The molecule has 1 aliphatic carbocycles. The molecule has 2 unspecified atom stereocenters. The average Bonchev–Trinajstić information content (AvgIpc) is 2.74. The summed E-state index contributed by atoms with van der Waals surface area (Å²) in [7, 11) is 0. The third-order valence-electron chi connectivity index (χ3n) is 3.49. The van der Waals surface area contributed by atoms with Crippen molar-refractivity contribution in [2.24, 2.45) is 11.3 Å². The summed E-state index contributed by atoms with van der Waals surface area (Å²) in [5.74, 6) is 0.602. The van der Waals surface area contributed by atoms with E-state index in [0.717, 1.165) is 32.4 Å². The maximum Gasteiger partial charge on any atom is 0.226 e. The number of halogens is 1. The fourth-order valence-electron chi connectivity index (χ4n) is 2.23. The Morgan fingerprint density at radius 1 is 1.50 bits per heavy atom. The summed E-state index contributed by atoms with van der Waals surface area (Å²) in [4.78, 5) is 13.9. The highest BCUT2D eigenvalue weighted by Gasteiger charge is 2.52. The molecule has 2 fully saturated rings. The molecule has 0 aromatic heterocycles. The number of carbonyl (C=O) groups is 1. The Bertz CT molecular complexity index is 252. The van der Waals surface area contributed by atoms with Crippen LogP contribution in [0.2, 0.25) is 0 Å². The lowest BCUT2D eigenvalue weighted by atomic mass is 10.1. The summed E-state index contributed by atoms with van der Waals surface area (Å²) in [6, 6.07) is 0. The van der Waals surface area contributed by atoms with Gasteiger partial charge >= 0.3 is 0 Å². The first-order chi connectivity index (χ1) is 6.50. The van der Waals surface area contributed by atoms with Gasteiger partial charge in [-0.25, -0.2) is 0 Å². The predicted molar refractivity (Wildman–Crippen MR) is 57.3 cm³/mol. The zero-order valence-corrected chi connectivity index (χ0v) is 9.68. The van der Waals surface area contributed by atoms with E-state index in [1.807, 2.05) is 4.90 Å². The molecule has 3 heteroatoms. The quantitative estimate of drug-likeness (QED) is 0.615. The van der Waals surface area contributed by atoms with E-state index in [2.05, 4.69) is 13.8 Å². The van der Waals surface area contributed by atoms with Crippen molar-refractivity contribution in [3.8, 4) is 0 Å². The van der Waals surface area contributed by atoms with Gasteiger partial charge in [-0.15, -0.1) is 11.6 Å².